The van der Waals surface area contributed by atoms with Gasteiger partial charge in [-0.15, -0.1) is 0 Å². The van der Waals surface area contributed by atoms with E-state index in [1.165, 1.54) is 18.4 Å². The number of likely N-dealkylation sites (N-methyl/N-ethyl adjacent to an activating group) is 1. The highest BCUT2D eigenvalue weighted by Gasteiger charge is 2.21. The lowest BCUT2D eigenvalue weighted by Crippen LogP contribution is -2.23. The first-order chi connectivity index (χ1) is 10.2. The van der Waals surface area contributed by atoms with Crippen LogP contribution in [0.15, 0.2) is 18.2 Å². The molecule has 21 heavy (non-hydrogen) atoms. The number of nitrogens with zero attached hydrogens (tertiary/aromatic N) is 1. The van der Waals surface area contributed by atoms with Crippen molar-refractivity contribution in [3.63, 3.8) is 0 Å². The monoisotopic (exact) mass is 310 g/mol. The molecular weight excluding hydrogens is 284 g/mol. The quantitative estimate of drug-likeness (QED) is 0.667. The Balaban J connectivity index is 1.77. The van der Waals surface area contributed by atoms with Gasteiger partial charge in [0.25, 0.3) is 0 Å². The molecule has 4 heteroatoms. The zero-order valence-electron chi connectivity index (χ0n) is 13.2. The van der Waals surface area contributed by atoms with Gasteiger partial charge in [0, 0.05) is 26.7 Å². The lowest BCUT2D eigenvalue weighted by atomic mass is 10.2. The molecule has 1 aliphatic rings. The second kappa shape index (κ2) is 8.62. The summed E-state index contributed by atoms with van der Waals surface area (Å²) in [5.41, 5.74) is 2.31. The lowest BCUT2D eigenvalue weighted by Gasteiger charge is -2.21. The van der Waals surface area contributed by atoms with Crippen molar-refractivity contribution >= 4 is 17.3 Å². The van der Waals surface area contributed by atoms with E-state index in [2.05, 4.69) is 42.4 Å². The topological polar surface area (TPSA) is 24.5 Å². The van der Waals surface area contributed by atoms with Crippen LogP contribution in [0.1, 0.15) is 31.7 Å². The van der Waals surface area contributed by atoms with Gasteiger partial charge >= 0.3 is 0 Å². The van der Waals surface area contributed by atoms with E-state index in [-0.39, 0.29) is 0 Å². The van der Waals surface area contributed by atoms with Crippen molar-refractivity contribution in [2.45, 2.75) is 32.7 Å². The van der Waals surface area contributed by atoms with Crippen molar-refractivity contribution in [1.82, 2.24) is 5.32 Å². The summed E-state index contributed by atoms with van der Waals surface area (Å²) >= 11 is 6.40. The Hall–Kier alpha value is -0.770. The van der Waals surface area contributed by atoms with Gasteiger partial charge < -0.3 is 15.0 Å². The lowest BCUT2D eigenvalue weighted by molar-refractivity contribution is 0.131. The van der Waals surface area contributed by atoms with Gasteiger partial charge in [-0.1, -0.05) is 24.6 Å². The molecular formula is C17H27ClN2O. The third kappa shape index (κ3) is 5.85. The molecule has 0 radical (unpaired) electrons. The fourth-order valence-electron chi connectivity index (χ4n) is 2.24. The summed E-state index contributed by atoms with van der Waals surface area (Å²) in [5.74, 6) is 0.828. The third-order valence-electron chi connectivity index (χ3n) is 3.80. The SMILES string of the molecule is CCCNCc1ccc(N(C)CCOCC2CC2)c(Cl)c1. The van der Waals surface area contributed by atoms with Crippen LogP contribution < -0.4 is 10.2 Å². The number of nitrogens with one attached hydrogen (secondary N) is 1. The minimum absolute atomic E-state index is 0.767. The second-order valence-corrected chi connectivity index (χ2v) is 6.31. The van der Waals surface area contributed by atoms with Crippen LogP contribution >= 0.6 is 11.6 Å². The van der Waals surface area contributed by atoms with Gasteiger partial charge in [0.15, 0.2) is 0 Å². The normalized spacial score (nSPS) is 14.4. The zero-order chi connectivity index (χ0) is 15.1. The van der Waals surface area contributed by atoms with Crippen molar-refractivity contribution in [2.75, 3.05) is 38.3 Å². The van der Waals surface area contributed by atoms with Gasteiger partial charge in [0.05, 0.1) is 17.3 Å². The number of hydrogen-bond donors (Lipinski definition) is 1. The summed E-state index contributed by atoms with van der Waals surface area (Å²) in [6.45, 7) is 6.65. The number of rotatable bonds is 10. The third-order valence-corrected chi connectivity index (χ3v) is 4.10. The molecule has 0 unspecified atom stereocenters. The standard InChI is InChI=1S/C17H27ClN2O/c1-3-8-19-12-15-6-7-17(16(18)11-15)20(2)9-10-21-13-14-4-5-14/h6-7,11,14,19H,3-5,8-10,12-13H2,1-2H3. The van der Waals surface area contributed by atoms with Crippen LogP contribution in [0.2, 0.25) is 5.02 Å². The van der Waals surface area contributed by atoms with Gasteiger partial charge in [0.2, 0.25) is 0 Å². The van der Waals surface area contributed by atoms with Gasteiger partial charge in [-0.05, 0) is 49.4 Å². The number of ether oxygens (including phenoxy) is 1. The molecule has 1 aliphatic carbocycles. The highest BCUT2D eigenvalue weighted by Crippen LogP contribution is 2.29. The number of benzene rings is 1. The smallest absolute Gasteiger partial charge is 0.0642 e. The molecule has 0 heterocycles. The molecule has 118 valence electrons. The maximum Gasteiger partial charge on any atom is 0.0642 e. The molecule has 0 aromatic heterocycles. The molecule has 2 rings (SSSR count). The average molecular weight is 311 g/mol. The molecule has 0 aliphatic heterocycles. The van der Waals surface area contributed by atoms with Gasteiger partial charge in [-0.3, -0.25) is 0 Å². The maximum absolute atomic E-state index is 6.40. The van der Waals surface area contributed by atoms with Crippen molar-refractivity contribution in [1.29, 1.82) is 0 Å². The van der Waals surface area contributed by atoms with E-state index >= 15 is 0 Å². The van der Waals surface area contributed by atoms with Gasteiger partial charge in [0.1, 0.15) is 0 Å². The van der Waals surface area contributed by atoms with Crippen molar-refractivity contribution in [3.8, 4) is 0 Å². The number of hydrogen-bond acceptors (Lipinski definition) is 3. The van der Waals surface area contributed by atoms with Crippen LogP contribution in [-0.4, -0.2) is 33.4 Å². The number of halogens is 1. The first kappa shape index (κ1) is 16.6. The van der Waals surface area contributed by atoms with Crippen LogP contribution in [-0.2, 0) is 11.3 Å². The summed E-state index contributed by atoms with van der Waals surface area (Å²) in [6, 6.07) is 6.30. The highest BCUT2D eigenvalue weighted by molar-refractivity contribution is 6.33. The zero-order valence-corrected chi connectivity index (χ0v) is 14.0. The van der Waals surface area contributed by atoms with Crippen LogP contribution in [0.5, 0.6) is 0 Å². The molecule has 3 nitrogen and oxygen atoms in total. The summed E-state index contributed by atoms with van der Waals surface area (Å²) in [4.78, 5) is 2.17. The van der Waals surface area contributed by atoms with E-state index in [1.54, 1.807) is 0 Å². The Morgan fingerprint density at radius 3 is 2.86 bits per heavy atom. The Morgan fingerprint density at radius 1 is 1.38 bits per heavy atom. The van der Waals surface area contributed by atoms with E-state index in [9.17, 15) is 0 Å². The maximum atomic E-state index is 6.40. The van der Waals surface area contributed by atoms with E-state index in [4.69, 9.17) is 16.3 Å². The van der Waals surface area contributed by atoms with Crippen molar-refractivity contribution in [2.24, 2.45) is 5.92 Å². The Bertz CT molecular complexity index is 435. The molecule has 0 bridgehead atoms. The van der Waals surface area contributed by atoms with E-state index in [0.29, 0.717) is 0 Å². The Kier molecular flexibility index (Phi) is 6.81. The minimum atomic E-state index is 0.767. The first-order valence-corrected chi connectivity index (χ1v) is 8.36. The van der Waals surface area contributed by atoms with Crippen molar-refractivity contribution in [3.05, 3.63) is 28.8 Å². The molecule has 1 aromatic rings. The second-order valence-electron chi connectivity index (χ2n) is 5.90. The summed E-state index contributed by atoms with van der Waals surface area (Å²) in [6.07, 6.45) is 3.83. The van der Waals surface area contributed by atoms with Gasteiger partial charge in [-0.25, -0.2) is 0 Å². The van der Waals surface area contributed by atoms with Crippen molar-refractivity contribution < 1.29 is 4.74 Å². The summed E-state index contributed by atoms with van der Waals surface area (Å²) < 4.78 is 5.68. The predicted octanol–water partition coefficient (Wildman–Crippen LogP) is 3.70. The fourth-order valence-corrected chi connectivity index (χ4v) is 2.58. The molecule has 1 N–H and O–H groups in total. The molecule has 1 aromatic carbocycles. The molecule has 1 saturated carbocycles. The fraction of sp³-hybridized carbons (Fsp3) is 0.647. The van der Waals surface area contributed by atoms with Crippen LogP contribution in [0.3, 0.4) is 0 Å². The average Bonchev–Trinajstić information content (AvgIpc) is 3.28. The van der Waals surface area contributed by atoms with Crippen LogP contribution in [0, 0.1) is 5.92 Å². The first-order valence-electron chi connectivity index (χ1n) is 7.98. The predicted molar refractivity (Wildman–Crippen MR) is 90.3 cm³/mol. The van der Waals surface area contributed by atoms with Gasteiger partial charge in [-0.2, -0.15) is 0 Å². The molecule has 0 atom stereocenters. The van der Waals surface area contributed by atoms with E-state index in [1.807, 2.05) is 0 Å². The highest BCUT2D eigenvalue weighted by atomic mass is 35.5. The molecule has 0 amide bonds. The molecule has 0 spiro atoms. The molecule has 1 fully saturated rings. The van der Waals surface area contributed by atoms with E-state index in [0.717, 1.165) is 55.9 Å². The molecule has 0 saturated heterocycles. The Labute approximate surface area is 133 Å². The summed E-state index contributed by atoms with van der Waals surface area (Å²) in [7, 11) is 2.07. The van der Waals surface area contributed by atoms with Crippen LogP contribution in [0.25, 0.3) is 0 Å². The van der Waals surface area contributed by atoms with E-state index < -0.39 is 0 Å². The Morgan fingerprint density at radius 2 is 2.19 bits per heavy atom. The number of anilines is 1. The van der Waals surface area contributed by atoms with Crippen LogP contribution in [0.4, 0.5) is 5.69 Å². The summed E-state index contributed by atoms with van der Waals surface area (Å²) in [5, 5.41) is 4.21. The minimum Gasteiger partial charge on any atom is -0.379 e. The largest absolute Gasteiger partial charge is 0.379 e.